The maximum atomic E-state index is 12.5. The van der Waals surface area contributed by atoms with Gasteiger partial charge in [-0.15, -0.1) is 0 Å². The number of sulfonamides is 1. The third-order valence-electron chi connectivity index (χ3n) is 4.10. The topological polar surface area (TPSA) is 74.7 Å². The molecule has 1 fully saturated rings. The monoisotopic (exact) mass is 365 g/mol. The van der Waals surface area contributed by atoms with Crippen LogP contribution in [0, 0.1) is 0 Å². The Morgan fingerprint density at radius 1 is 1.04 bits per heavy atom. The van der Waals surface area contributed by atoms with E-state index in [1.165, 1.54) is 22.5 Å². The summed E-state index contributed by atoms with van der Waals surface area (Å²) in [5.41, 5.74) is 1.07. The molecule has 126 valence electrons. The van der Waals surface area contributed by atoms with Gasteiger partial charge in [0.1, 0.15) is 0 Å². The van der Waals surface area contributed by atoms with Crippen LogP contribution >= 0.6 is 11.6 Å². The van der Waals surface area contributed by atoms with Crippen molar-refractivity contribution in [2.45, 2.75) is 17.7 Å². The molecule has 0 aromatic heterocycles. The SMILES string of the molecule is O=C(O)c1c(Cl)cccc1-c1ccc(S(=O)(=O)N2CCCC2)cc1. The van der Waals surface area contributed by atoms with Crippen LogP contribution in [0.2, 0.25) is 5.02 Å². The average Bonchev–Trinajstić information content (AvgIpc) is 3.09. The second-order valence-electron chi connectivity index (χ2n) is 5.60. The Morgan fingerprint density at radius 2 is 1.67 bits per heavy atom. The second-order valence-corrected chi connectivity index (χ2v) is 7.95. The van der Waals surface area contributed by atoms with Crippen molar-refractivity contribution < 1.29 is 18.3 Å². The second kappa shape index (κ2) is 6.55. The van der Waals surface area contributed by atoms with Crippen molar-refractivity contribution in [1.82, 2.24) is 4.31 Å². The molecule has 1 N–H and O–H groups in total. The van der Waals surface area contributed by atoms with Crippen molar-refractivity contribution in [2.24, 2.45) is 0 Å². The molecule has 5 nitrogen and oxygen atoms in total. The molecular weight excluding hydrogens is 350 g/mol. The van der Waals surface area contributed by atoms with Gasteiger partial charge >= 0.3 is 5.97 Å². The molecule has 0 bridgehead atoms. The van der Waals surface area contributed by atoms with E-state index in [0.29, 0.717) is 24.2 Å². The van der Waals surface area contributed by atoms with E-state index in [2.05, 4.69) is 0 Å². The molecule has 24 heavy (non-hydrogen) atoms. The fourth-order valence-corrected chi connectivity index (χ4v) is 4.64. The number of aromatic carboxylic acids is 1. The van der Waals surface area contributed by atoms with E-state index >= 15 is 0 Å². The summed E-state index contributed by atoms with van der Waals surface area (Å²) in [7, 11) is -3.48. The number of nitrogens with zero attached hydrogens (tertiary/aromatic N) is 1. The highest BCUT2D eigenvalue weighted by Gasteiger charge is 2.27. The normalized spacial score (nSPS) is 15.5. The van der Waals surface area contributed by atoms with E-state index in [-0.39, 0.29) is 15.5 Å². The van der Waals surface area contributed by atoms with Gasteiger partial charge in [-0.25, -0.2) is 13.2 Å². The number of benzene rings is 2. The van der Waals surface area contributed by atoms with Gasteiger partial charge in [-0.1, -0.05) is 35.9 Å². The minimum absolute atomic E-state index is 0.00863. The van der Waals surface area contributed by atoms with E-state index in [1.807, 2.05) is 0 Å². The Hall–Kier alpha value is -1.89. The molecule has 2 aromatic rings. The number of carboxylic acid groups (broad SMARTS) is 1. The lowest BCUT2D eigenvalue weighted by Crippen LogP contribution is -2.27. The van der Waals surface area contributed by atoms with Crippen LogP contribution in [0.1, 0.15) is 23.2 Å². The average molecular weight is 366 g/mol. The van der Waals surface area contributed by atoms with Crippen LogP contribution in [-0.4, -0.2) is 36.9 Å². The first-order valence-corrected chi connectivity index (χ1v) is 9.35. The number of hydrogen-bond acceptors (Lipinski definition) is 3. The van der Waals surface area contributed by atoms with Crippen LogP contribution in [0.5, 0.6) is 0 Å². The van der Waals surface area contributed by atoms with Gasteiger partial charge in [0.25, 0.3) is 0 Å². The van der Waals surface area contributed by atoms with Crippen molar-refractivity contribution in [2.75, 3.05) is 13.1 Å². The van der Waals surface area contributed by atoms with E-state index in [4.69, 9.17) is 11.6 Å². The van der Waals surface area contributed by atoms with Crippen molar-refractivity contribution in [1.29, 1.82) is 0 Å². The summed E-state index contributed by atoms with van der Waals surface area (Å²) in [5, 5.41) is 9.50. The van der Waals surface area contributed by atoms with Crippen LogP contribution < -0.4 is 0 Å². The van der Waals surface area contributed by atoms with E-state index < -0.39 is 16.0 Å². The van der Waals surface area contributed by atoms with E-state index in [9.17, 15) is 18.3 Å². The lowest BCUT2D eigenvalue weighted by atomic mass is 10.00. The largest absolute Gasteiger partial charge is 0.478 e. The van der Waals surface area contributed by atoms with Crippen molar-refractivity contribution in [3.05, 3.63) is 53.1 Å². The fraction of sp³-hybridized carbons (Fsp3) is 0.235. The third kappa shape index (κ3) is 3.05. The standard InChI is InChI=1S/C17H16ClNO4S/c18-15-5-3-4-14(16(15)17(20)21)12-6-8-13(9-7-12)24(22,23)19-10-1-2-11-19/h3-9H,1-2,10-11H2,(H,20,21). The Morgan fingerprint density at radius 3 is 2.25 bits per heavy atom. The van der Waals surface area contributed by atoms with Gasteiger partial charge in [0.05, 0.1) is 15.5 Å². The summed E-state index contributed by atoms with van der Waals surface area (Å²) in [6, 6.07) is 11.1. The third-order valence-corrected chi connectivity index (χ3v) is 6.32. The number of carboxylic acids is 1. The lowest BCUT2D eigenvalue weighted by molar-refractivity contribution is 0.0698. The van der Waals surface area contributed by atoms with E-state index in [0.717, 1.165) is 12.8 Å². The van der Waals surface area contributed by atoms with Crippen molar-refractivity contribution >= 4 is 27.6 Å². The zero-order valence-corrected chi connectivity index (χ0v) is 14.3. The van der Waals surface area contributed by atoms with Crippen LogP contribution in [0.4, 0.5) is 0 Å². The molecule has 1 aliphatic rings. The highest BCUT2D eigenvalue weighted by Crippen LogP contribution is 2.30. The lowest BCUT2D eigenvalue weighted by Gasteiger charge is -2.16. The molecule has 0 unspecified atom stereocenters. The van der Waals surface area contributed by atoms with Crippen LogP contribution in [0.15, 0.2) is 47.4 Å². The quantitative estimate of drug-likeness (QED) is 0.899. The summed E-state index contributed by atoms with van der Waals surface area (Å²) in [6.45, 7) is 1.09. The number of rotatable bonds is 4. The minimum Gasteiger partial charge on any atom is -0.478 e. The zero-order valence-electron chi connectivity index (χ0n) is 12.8. The summed E-state index contributed by atoms with van der Waals surface area (Å²) in [4.78, 5) is 11.6. The number of halogens is 1. The molecule has 7 heteroatoms. The van der Waals surface area contributed by atoms with Gasteiger partial charge < -0.3 is 5.11 Å². The summed E-state index contributed by atoms with van der Waals surface area (Å²) in [6.07, 6.45) is 1.75. The van der Waals surface area contributed by atoms with Gasteiger partial charge in [0.15, 0.2) is 0 Å². The van der Waals surface area contributed by atoms with E-state index in [1.54, 1.807) is 24.3 Å². The van der Waals surface area contributed by atoms with Gasteiger partial charge in [0, 0.05) is 13.1 Å². The number of carbonyl (C=O) groups is 1. The predicted molar refractivity (Wildman–Crippen MR) is 91.8 cm³/mol. The van der Waals surface area contributed by atoms with Gasteiger partial charge in [0.2, 0.25) is 10.0 Å². The van der Waals surface area contributed by atoms with Gasteiger partial charge in [-0.2, -0.15) is 4.31 Å². The number of hydrogen-bond donors (Lipinski definition) is 1. The first kappa shape index (κ1) is 17.0. The molecule has 0 aliphatic carbocycles. The Labute approximate surface area is 145 Å². The first-order valence-electron chi connectivity index (χ1n) is 7.53. The Kier molecular flexibility index (Phi) is 4.62. The fourth-order valence-electron chi connectivity index (χ4n) is 2.87. The molecule has 0 spiro atoms. The Bertz CT molecular complexity index is 872. The van der Waals surface area contributed by atoms with Crippen molar-refractivity contribution in [3.63, 3.8) is 0 Å². The minimum atomic E-state index is -3.48. The first-order chi connectivity index (χ1) is 11.4. The molecule has 3 rings (SSSR count). The van der Waals surface area contributed by atoms with Crippen LogP contribution in [0.3, 0.4) is 0 Å². The molecule has 0 saturated carbocycles. The maximum absolute atomic E-state index is 12.5. The zero-order chi connectivity index (χ0) is 17.3. The summed E-state index contributed by atoms with van der Waals surface area (Å²) in [5.74, 6) is -1.12. The maximum Gasteiger partial charge on any atom is 0.337 e. The van der Waals surface area contributed by atoms with Gasteiger partial charge in [-0.05, 0) is 42.2 Å². The summed E-state index contributed by atoms with van der Waals surface area (Å²) < 4.78 is 26.5. The van der Waals surface area contributed by atoms with Crippen molar-refractivity contribution in [3.8, 4) is 11.1 Å². The molecular formula is C17H16ClNO4S. The highest BCUT2D eigenvalue weighted by molar-refractivity contribution is 7.89. The molecule has 0 amide bonds. The molecule has 1 aliphatic heterocycles. The summed E-state index contributed by atoms with van der Waals surface area (Å²) >= 11 is 5.98. The highest BCUT2D eigenvalue weighted by atomic mass is 35.5. The molecule has 1 heterocycles. The predicted octanol–water partition coefficient (Wildman–Crippen LogP) is 3.49. The van der Waals surface area contributed by atoms with Gasteiger partial charge in [-0.3, -0.25) is 0 Å². The Balaban J connectivity index is 1.99. The molecule has 2 aromatic carbocycles. The molecule has 0 atom stereocenters. The molecule has 0 radical (unpaired) electrons. The molecule has 1 saturated heterocycles. The smallest absolute Gasteiger partial charge is 0.337 e. The van der Waals surface area contributed by atoms with Crippen LogP contribution in [0.25, 0.3) is 11.1 Å². The van der Waals surface area contributed by atoms with Crippen LogP contribution in [-0.2, 0) is 10.0 Å².